The quantitative estimate of drug-likeness (QED) is 0.828. The van der Waals surface area contributed by atoms with E-state index in [0.717, 1.165) is 6.07 Å². The van der Waals surface area contributed by atoms with Crippen molar-refractivity contribution in [2.45, 2.75) is 12.5 Å². The van der Waals surface area contributed by atoms with Crippen LogP contribution in [0, 0.1) is 17.1 Å². The lowest BCUT2D eigenvalue weighted by atomic mass is 10.2. The molecule has 1 atom stereocenters. The monoisotopic (exact) mass is 230 g/mol. The van der Waals surface area contributed by atoms with E-state index in [-0.39, 0.29) is 11.3 Å². The Kier molecular flexibility index (Phi) is 4.14. The van der Waals surface area contributed by atoms with E-state index in [9.17, 15) is 13.2 Å². The molecule has 1 aromatic rings. The van der Waals surface area contributed by atoms with Crippen molar-refractivity contribution >= 4 is 5.69 Å². The summed E-state index contributed by atoms with van der Waals surface area (Å²) in [5.74, 6) is -0.722. The number of aliphatic hydroxyl groups excluding tert-OH is 1. The van der Waals surface area contributed by atoms with Gasteiger partial charge in [-0.1, -0.05) is 0 Å². The Labute approximate surface area is 90.1 Å². The van der Waals surface area contributed by atoms with Crippen molar-refractivity contribution in [3.8, 4) is 6.07 Å². The first-order valence-corrected chi connectivity index (χ1v) is 4.44. The van der Waals surface area contributed by atoms with E-state index in [1.54, 1.807) is 6.07 Å². The van der Waals surface area contributed by atoms with Crippen LogP contribution in [-0.2, 0) is 0 Å². The smallest absolute Gasteiger partial charge is 0.265 e. The Morgan fingerprint density at radius 1 is 1.44 bits per heavy atom. The number of aliphatic hydroxyl groups is 1. The molecular formula is C10H9F3N2O. The number of halogens is 3. The molecule has 0 aliphatic heterocycles. The summed E-state index contributed by atoms with van der Waals surface area (Å²) in [4.78, 5) is 0. The van der Waals surface area contributed by atoms with Gasteiger partial charge in [-0.15, -0.1) is 0 Å². The molecular weight excluding hydrogens is 221 g/mol. The number of anilines is 1. The second-order valence-corrected chi connectivity index (χ2v) is 3.09. The molecule has 86 valence electrons. The highest BCUT2D eigenvalue weighted by atomic mass is 19.3. The highest BCUT2D eigenvalue weighted by Gasteiger charge is 2.16. The van der Waals surface area contributed by atoms with Crippen LogP contribution in [-0.4, -0.2) is 24.2 Å². The van der Waals surface area contributed by atoms with Crippen LogP contribution in [0.5, 0.6) is 0 Å². The van der Waals surface area contributed by atoms with Crippen molar-refractivity contribution in [1.29, 1.82) is 5.26 Å². The lowest BCUT2D eigenvalue weighted by Crippen LogP contribution is -2.27. The maximum absolute atomic E-state index is 13.2. The van der Waals surface area contributed by atoms with Crippen molar-refractivity contribution in [1.82, 2.24) is 0 Å². The maximum atomic E-state index is 13.2. The van der Waals surface area contributed by atoms with E-state index in [1.807, 2.05) is 0 Å². The van der Waals surface area contributed by atoms with E-state index in [4.69, 9.17) is 10.4 Å². The first kappa shape index (κ1) is 12.3. The van der Waals surface area contributed by atoms with E-state index >= 15 is 0 Å². The summed E-state index contributed by atoms with van der Waals surface area (Å²) in [5, 5.41) is 19.6. The molecule has 0 aliphatic carbocycles. The Morgan fingerprint density at radius 2 is 2.12 bits per heavy atom. The highest BCUT2D eigenvalue weighted by Crippen LogP contribution is 2.15. The van der Waals surface area contributed by atoms with E-state index in [0.29, 0.717) is 0 Å². The third kappa shape index (κ3) is 3.14. The second-order valence-electron chi connectivity index (χ2n) is 3.09. The number of alkyl halides is 2. The van der Waals surface area contributed by atoms with Gasteiger partial charge in [0, 0.05) is 6.54 Å². The molecule has 0 saturated heterocycles. The topological polar surface area (TPSA) is 56.0 Å². The van der Waals surface area contributed by atoms with Crippen LogP contribution in [0.15, 0.2) is 18.2 Å². The van der Waals surface area contributed by atoms with E-state index in [1.165, 1.54) is 12.1 Å². The lowest BCUT2D eigenvalue weighted by Gasteiger charge is -2.12. The molecule has 1 aromatic carbocycles. The van der Waals surface area contributed by atoms with Gasteiger partial charge in [-0.05, 0) is 18.2 Å². The van der Waals surface area contributed by atoms with Crippen LogP contribution >= 0.6 is 0 Å². The molecule has 0 aliphatic rings. The number of nitrogens with one attached hydrogen (secondary N) is 1. The van der Waals surface area contributed by atoms with Crippen molar-refractivity contribution in [2.75, 3.05) is 11.9 Å². The van der Waals surface area contributed by atoms with Gasteiger partial charge in [-0.2, -0.15) is 5.26 Å². The molecule has 0 heterocycles. The Hall–Kier alpha value is -1.74. The number of nitriles is 1. The number of hydrogen-bond acceptors (Lipinski definition) is 3. The Morgan fingerprint density at radius 3 is 2.62 bits per heavy atom. The zero-order chi connectivity index (χ0) is 12.1. The van der Waals surface area contributed by atoms with Crippen LogP contribution in [0.25, 0.3) is 0 Å². The molecule has 0 fully saturated rings. The van der Waals surface area contributed by atoms with Crippen molar-refractivity contribution in [3.63, 3.8) is 0 Å². The first-order valence-electron chi connectivity index (χ1n) is 4.44. The number of hydrogen-bond donors (Lipinski definition) is 2. The molecule has 1 rings (SSSR count). The fourth-order valence-corrected chi connectivity index (χ4v) is 1.03. The minimum atomic E-state index is -2.88. The van der Waals surface area contributed by atoms with Gasteiger partial charge >= 0.3 is 0 Å². The Balaban J connectivity index is 2.65. The summed E-state index contributed by atoms with van der Waals surface area (Å²) in [6, 6.07) is 5.33. The molecule has 0 amide bonds. The molecule has 0 spiro atoms. The average molecular weight is 230 g/mol. The molecule has 16 heavy (non-hydrogen) atoms. The Bertz CT molecular complexity index is 404. The normalized spacial score (nSPS) is 12.2. The molecule has 2 N–H and O–H groups in total. The van der Waals surface area contributed by atoms with Crippen LogP contribution in [0.4, 0.5) is 18.9 Å². The van der Waals surface area contributed by atoms with Crippen LogP contribution < -0.4 is 5.32 Å². The van der Waals surface area contributed by atoms with Crippen molar-refractivity contribution < 1.29 is 18.3 Å². The third-order valence-electron chi connectivity index (χ3n) is 1.89. The number of benzene rings is 1. The van der Waals surface area contributed by atoms with Gasteiger partial charge in [0.15, 0.2) is 0 Å². The SMILES string of the molecule is N#Cc1ccc(NCC(O)C(F)F)c(F)c1. The molecule has 0 radical (unpaired) electrons. The maximum Gasteiger partial charge on any atom is 0.265 e. The van der Waals surface area contributed by atoms with E-state index in [2.05, 4.69) is 5.32 Å². The van der Waals surface area contributed by atoms with E-state index < -0.39 is 24.9 Å². The predicted molar refractivity (Wildman–Crippen MR) is 51.6 cm³/mol. The fourth-order valence-electron chi connectivity index (χ4n) is 1.03. The molecule has 0 aromatic heterocycles. The van der Waals surface area contributed by atoms with Gasteiger partial charge < -0.3 is 10.4 Å². The zero-order valence-electron chi connectivity index (χ0n) is 8.12. The van der Waals surface area contributed by atoms with Crippen molar-refractivity contribution in [2.24, 2.45) is 0 Å². The summed E-state index contributed by atoms with van der Waals surface area (Å²) < 4.78 is 37.1. The minimum Gasteiger partial charge on any atom is -0.385 e. The number of nitrogens with zero attached hydrogens (tertiary/aromatic N) is 1. The molecule has 3 nitrogen and oxygen atoms in total. The standard InChI is InChI=1S/C10H9F3N2O/c11-7-3-6(4-14)1-2-8(7)15-5-9(16)10(12)13/h1-3,9-10,15-16H,5H2. The molecule has 0 saturated carbocycles. The van der Waals surface area contributed by atoms with Gasteiger partial charge in [0.1, 0.15) is 11.9 Å². The van der Waals surface area contributed by atoms with Crippen LogP contribution in [0.3, 0.4) is 0 Å². The molecule has 1 unspecified atom stereocenters. The first-order chi connectivity index (χ1) is 7.54. The fraction of sp³-hybridized carbons (Fsp3) is 0.300. The summed E-state index contributed by atoms with van der Waals surface area (Å²) in [6.45, 7) is -0.458. The third-order valence-corrected chi connectivity index (χ3v) is 1.89. The minimum absolute atomic E-state index is 0.0290. The van der Waals surface area contributed by atoms with Gasteiger partial charge in [-0.3, -0.25) is 0 Å². The van der Waals surface area contributed by atoms with Gasteiger partial charge in [0.2, 0.25) is 0 Å². The van der Waals surface area contributed by atoms with Crippen LogP contribution in [0.1, 0.15) is 5.56 Å². The lowest BCUT2D eigenvalue weighted by molar-refractivity contribution is 0.00381. The predicted octanol–water partition coefficient (Wildman–Crippen LogP) is 1.74. The van der Waals surface area contributed by atoms with Gasteiger partial charge in [-0.25, -0.2) is 13.2 Å². The summed E-state index contributed by atoms with van der Waals surface area (Å²) in [7, 11) is 0. The summed E-state index contributed by atoms with van der Waals surface area (Å²) in [5.41, 5.74) is 0.108. The average Bonchev–Trinajstić information content (AvgIpc) is 2.26. The largest absolute Gasteiger partial charge is 0.385 e. The van der Waals surface area contributed by atoms with Gasteiger partial charge in [0.25, 0.3) is 6.43 Å². The summed E-state index contributed by atoms with van der Waals surface area (Å²) in [6.07, 6.45) is -4.73. The molecule has 6 heteroatoms. The summed E-state index contributed by atoms with van der Waals surface area (Å²) >= 11 is 0. The zero-order valence-corrected chi connectivity index (χ0v) is 8.12. The molecule has 0 bridgehead atoms. The van der Waals surface area contributed by atoms with Crippen molar-refractivity contribution in [3.05, 3.63) is 29.6 Å². The highest BCUT2D eigenvalue weighted by molar-refractivity contribution is 5.48. The van der Waals surface area contributed by atoms with Crippen LogP contribution in [0.2, 0.25) is 0 Å². The second kappa shape index (κ2) is 5.37. The number of rotatable bonds is 4. The van der Waals surface area contributed by atoms with Gasteiger partial charge in [0.05, 0.1) is 17.3 Å².